The molecular formula is C9H10N2O3S. The zero-order valence-corrected chi connectivity index (χ0v) is 8.77. The molecule has 1 aromatic carbocycles. The molecule has 5 nitrogen and oxygen atoms in total. The molecule has 1 heterocycles. The summed E-state index contributed by atoms with van der Waals surface area (Å²) in [7, 11) is -2.18. The second-order valence-corrected chi connectivity index (χ2v) is 5.92. The van der Waals surface area contributed by atoms with E-state index in [-0.39, 0.29) is 11.4 Å². The van der Waals surface area contributed by atoms with Crippen LogP contribution >= 0.6 is 0 Å². The van der Waals surface area contributed by atoms with E-state index in [0.717, 1.165) is 6.42 Å². The Morgan fingerprint density at radius 1 is 1.33 bits per heavy atom. The zero-order valence-electron chi connectivity index (χ0n) is 7.96. The van der Waals surface area contributed by atoms with Gasteiger partial charge in [0.25, 0.3) is 5.69 Å². The van der Waals surface area contributed by atoms with Crippen LogP contribution in [-0.2, 0) is 9.73 Å². The quantitative estimate of drug-likeness (QED) is 0.572. The second-order valence-electron chi connectivity index (χ2n) is 3.37. The number of para-hydroxylation sites is 1. The Hall–Kier alpha value is -1.43. The topological polar surface area (TPSA) is 72.6 Å². The fraction of sp³-hybridized carbons (Fsp3) is 0.333. The molecule has 1 aliphatic rings. The summed E-state index contributed by atoms with van der Waals surface area (Å²) >= 11 is 0. The normalized spacial score (nSPS) is 17.9. The van der Waals surface area contributed by atoms with Crippen LogP contribution < -0.4 is 0 Å². The molecule has 0 spiro atoms. The van der Waals surface area contributed by atoms with Gasteiger partial charge in [-0.2, -0.15) is 4.36 Å². The lowest BCUT2D eigenvalue weighted by Crippen LogP contribution is -2.23. The standard InChI is InChI=1S/C9H10N2O3S/c12-11(13)9-5-2-1-4-8(9)10-15(14)6-3-7-15/h1-2,4-5H,3,6-7H2. The summed E-state index contributed by atoms with van der Waals surface area (Å²) in [5.41, 5.74) is 0.152. The number of hydrogen-bond donors (Lipinski definition) is 0. The van der Waals surface area contributed by atoms with Crippen LogP contribution in [0.25, 0.3) is 0 Å². The van der Waals surface area contributed by atoms with Gasteiger partial charge in [0, 0.05) is 17.6 Å². The van der Waals surface area contributed by atoms with Gasteiger partial charge < -0.3 is 0 Å². The first-order valence-electron chi connectivity index (χ1n) is 4.57. The molecule has 0 amide bonds. The van der Waals surface area contributed by atoms with E-state index < -0.39 is 14.7 Å². The molecule has 0 N–H and O–H groups in total. The number of benzene rings is 1. The highest BCUT2D eigenvalue weighted by Crippen LogP contribution is 2.29. The van der Waals surface area contributed by atoms with Crippen molar-refractivity contribution in [3.05, 3.63) is 34.4 Å². The lowest BCUT2D eigenvalue weighted by Gasteiger charge is -2.17. The molecule has 6 heteroatoms. The van der Waals surface area contributed by atoms with E-state index in [2.05, 4.69) is 4.36 Å². The van der Waals surface area contributed by atoms with Gasteiger partial charge in [-0.05, 0) is 12.5 Å². The Morgan fingerprint density at radius 2 is 2.00 bits per heavy atom. The van der Waals surface area contributed by atoms with E-state index in [1.807, 2.05) is 0 Å². The predicted octanol–water partition coefficient (Wildman–Crippen LogP) is 2.10. The fourth-order valence-corrected chi connectivity index (χ4v) is 2.84. The molecule has 0 radical (unpaired) electrons. The van der Waals surface area contributed by atoms with E-state index in [1.165, 1.54) is 12.1 Å². The van der Waals surface area contributed by atoms with Crippen LogP contribution in [0, 0.1) is 10.1 Å². The number of rotatable bonds is 2. The highest BCUT2D eigenvalue weighted by atomic mass is 32.2. The number of hydrogen-bond acceptors (Lipinski definition) is 4. The summed E-state index contributed by atoms with van der Waals surface area (Å²) in [6.07, 6.45) is 0.892. The summed E-state index contributed by atoms with van der Waals surface area (Å²) < 4.78 is 15.8. The number of nitrogens with zero attached hydrogens (tertiary/aromatic N) is 2. The smallest absolute Gasteiger partial charge is 0.258 e. The maximum Gasteiger partial charge on any atom is 0.295 e. The maximum atomic E-state index is 11.8. The highest BCUT2D eigenvalue weighted by molar-refractivity contribution is 7.95. The molecule has 0 aliphatic carbocycles. The maximum absolute atomic E-state index is 11.8. The monoisotopic (exact) mass is 226 g/mol. The third-order valence-electron chi connectivity index (χ3n) is 2.27. The van der Waals surface area contributed by atoms with Gasteiger partial charge in [0.05, 0.1) is 14.7 Å². The molecule has 1 aliphatic heterocycles. The average molecular weight is 226 g/mol. The Labute approximate surface area is 87.5 Å². The Bertz CT molecular complexity index is 508. The van der Waals surface area contributed by atoms with Crippen molar-refractivity contribution in [3.8, 4) is 0 Å². The van der Waals surface area contributed by atoms with Crippen LogP contribution in [0.3, 0.4) is 0 Å². The molecule has 80 valence electrons. The SMILES string of the molecule is O=[N+]([O-])c1ccccc1N=S1(=O)CCC1. The van der Waals surface area contributed by atoms with Crippen molar-refractivity contribution in [2.45, 2.75) is 6.42 Å². The van der Waals surface area contributed by atoms with Crippen molar-refractivity contribution in [1.82, 2.24) is 0 Å². The number of nitro benzene ring substituents is 1. The molecule has 0 unspecified atom stereocenters. The van der Waals surface area contributed by atoms with Crippen LogP contribution in [0.4, 0.5) is 11.4 Å². The molecule has 1 aromatic rings. The lowest BCUT2D eigenvalue weighted by molar-refractivity contribution is -0.384. The molecular weight excluding hydrogens is 216 g/mol. The van der Waals surface area contributed by atoms with Gasteiger partial charge in [-0.15, -0.1) is 0 Å². The van der Waals surface area contributed by atoms with Crippen molar-refractivity contribution in [2.24, 2.45) is 4.36 Å². The van der Waals surface area contributed by atoms with Crippen LogP contribution in [0.1, 0.15) is 6.42 Å². The Morgan fingerprint density at radius 3 is 2.53 bits per heavy atom. The summed E-state index contributed by atoms with van der Waals surface area (Å²) in [5, 5.41) is 10.7. The van der Waals surface area contributed by atoms with Gasteiger partial charge in [0.15, 0.2) is 5.69 Å². The van der Waals surface area contributed by atoms with Gasteiger partial charge in [-0.1, -0.05) is 12.1 Å². The molecule has 15 heavy (non-hydrogen) atoms. The minimum Gasteiger partial charge on any atom is -0.258 e. The van der Waals surface area contributed by atoms with Crippen molar-refractivity contribution >= 4 is 21.1 Å². The van der Waals surface area contributed by atoms with E-state index in [4.69, 9.17) is 0 Å². The van der Waals surface area contributed by atoms with Crippen LogP contribution in [0.2, 0.25) is 0 Å². The summed E-state index contributed by atoms with van der Waals surface area (Å²) in [4.78, 5) is 10.2. The summed E-state index contributed by atoms with van der Waals surface area (Å²) in [5.74, 6) is 1.11. The first kappa shape index (κ1) is 10.1. The lowest BCUT2D eigenvalue weighted by atomic mass is 10.3. The third kappa shape index (κ3) is 1.99. The van der Waals surface area contributed by atoms with E-state index in [0.29, 0.717) is 11.5 Å². The van der Waals surface area contributed by atoms with Crippen molar-refractivity contribution in [2.75, 3.05) is 11.5 Å². The van der Waals surface area contributed by atoms with Crippen molar-refractivity contribution in [3.63, 3.8) is 0 Å². The van der Waals surface area contributed by atoms with Crippen LogP contribution in [0.5, 0.6) is 0 Å². The van der Waals surface area contributed by atoms with Crippen molar-refractivity contribution in [1.29, 1.82) is 0 Å². The van der Waals surface area contributed by atoms with E-state index in [9.17, 15) is 14.3 Å². The zero-order chi connectivity index (χ0) is 10.9. The molecule has 0 saturated carbocycles. The minimum atomic E-state index is -2.18. The number of nitro groups is 1. The largest absolute Gasteiger partial charge is 0.295 e. The second kappa shape index (κ2) is 3.62. The van der Waals surface area contributed by atoms with Crippen LogP contribution in [-0.4, -0.2) is 20.6 Å². The molecule has 1 saturated heterocycles. The first-order chi connectivity index (χ1) is 7.11. The van der Waals surface area contributed by atoms with Gasteiger partial charge >= 0.3 is 0 Å². The third-order valence-corrected chi connectivity index (χ3v) is 4.65. The van der Waals surface area contributed by atoms with E-state index >= 15 is 0 Å². The minimum absolute atomic E-state index is 0.0767. The average Bonchev–Trinajstić information content (AvgIpc) is 2.16. The molecule has 0 atom stereocenters. The van der Waals surface area contributed by atoms with Gasteiger partial charge in [-0.25, -0.2) is 4.21 Å². The Kier molecular flexibility index (Phi) is 2.44. The molecule has 1 fully saturated rings. The molecule has 0 aromatic heterocycles. The van der Waals surface area contributed by atoms with Gasteiger partial charge in [-0.3, -0.25) is 10.1 Å². The van der Waals surface area contributed by atoms with Crippen LogP contribution in [0.15, 0.2) is 28.6 Å². The van der Waals surface area contributed by atoms with Gasteiger partial charge in [0.1, 0.15) is 0 Å². The molecule has 0 bridgehead atoms. The van der Waals surface area contributed by atoms with E-state index in [1.54, 1.807) is 12.1 Å². The summed E-state index contributed by atoms with van der Waals surface area (Å²) in [6, 6.07) is 6.14. The highest BCUT2D eigenvalue weighted by Gasteiger charge is 2.21. The molecule has 2 rings (SSSR count). The summed E-state index contributed by atoms with van der Waals surface area (Å²) in [6.45, 7) is 0. The van der Waals surface area contributed by atoms with Crippen molar-refractivity contribution < 1.29 is 9.13 Å². The van der Waals surface area contributed by atoms with Gasteiger partial charge in [0.2, 0.25) is 0 Å². The fourth-order valence-electron chi connectivity index (χ4n) is 1.36. The Balaban J connectivity index is 2.49. The predicted molar refractivity (Wildman–Crippen MR) is 57.7 cm³/mol. The first-order valence-corrected chi connectivity index (χ1v) is 6.42.